The standard InChI is InChI=1S/C17H16F5NO2/c1-24-14-9-12(15(23)16(18,19)17(20,21)22)7-8-13(14)25-10-11-5-3-2-4-6-11/h2-9,15H,10,23H2,1H3/t15-/m1/s1. The highest BCUT2D eigenvalue weighted by atomic mass is 19.4. The molecule has 2 rings (SSSR count). The fourth-order valence-corrected chi connectivity index (χ4v) is 2.12. The monoisotopic (exact) mass is 361 g/mol. The molecule has 0 aliphatic rings. The van der Waals surface area contributed by atoms with Gasteiger partial charge in [-0.3, -0.25) is 0 Å². The van der Waals surface area contributed by atoms with Gasteiger partial charge in [-0.25, -0.2) is 0 Å². The third-order valence-electron chi connectivity index (χ3n) is 3.55. The van der Waals surface area contributed by atoms with Gasteiger partial charge in [0.1, 0.15) is 12.6 Å². The molecule has 0 bridgehead atoms. The lowest BCUT2D eigenvalue weighted by atomic mass is 10.0. The minimum atomic E-state index is -5.75. The summed E-state index contributed by atoms with van der Waals surface area (Å²) in [6.07, 6.45) is -5.75. The SMILES string of the molecule is COc1cc([C@@H](N)C(F)(F)C(F)(F)F)ccc1OCc1ccccc1. The van der Waals surface area contributed by atoms with E-state index in [1.54, 1.807) is 0 Å². The normalized spacial score (nSPS) is 13.4. The number of nitrogens with two attached hydrogens (primary N) is 1. The first-order valence-electron chi connectivity index (χ1n) is 7.21. The lowest BCUT2D eigenvalue weighted by Gasteiger charge is -2.26. The summed E-state index contributed by atoms with van der Waals surface area (Å²) in [4.78, 5) is 0. The van der Waals surface area contributed by atoms with Gasteiger partial charge >= 0.3 is 12.1 Å². The summed E-state index contributed by atoms with van der Waals surface area (Å²) in [5.74, 6) is -4.84. The lowest BCUT2D eigenvalue weighted by molar-refractivity contribution is -0.291. The predicted molar refractivity (Wildman–Crippen MR) is 81.7 cm³/mol. The van der Waals surface area contributed by atoms with E-state index >= 15 is 0 Å². The maximum Gasteiger partial charge on any atom is 0.455 e. The van der Waals surface area contributed by atoms with Crippen LogP contribution >= 0.6 is 0 Å². The molecule has 0 saturated heterocycles. The molecular formula is C17H16F5NO2. The zero-order chi connectivity index (χ0) is 18.7. The van der Waals surface area contributed by atoms with Gasteiger partial charge in [0.25, 0.3) is 0 Å². The van der Waals surface area contributed by atoms with Crippen molar-refractivity contribution in [1.82, 2.24) is 0 Å². The second kappa shape index (κ2) is 7.26. The van der Waals surface area contributed by atoms with Crippen molar-refractivity contribution in [3.05, 3.63) is 59.7 Å². The molecule has 2 aromatic carbocycles. The average Bonchev–Trinajstić information content (AvgIpc) is 2.59. The minimum Gasteiger partial charge on any atom is -0.493 e. The van der Waals surface area contributed by atoms with Crippen LogP contribution in [0.5, 0.6) is 11.5 Å². The van der Waals surface area contributed by atoms with Crippen LogP contribution in [0.3, 0.4) is 0 Å². The van der Waals surface area contributed by atoms with Crippen LogP contribution in [0.15, 0.2) is 48.5 Å². The van der Waals surface area contributed by atoms with E-state index < -0.39 is 23.7 Å². The topological polar surface area (TPSA) is 44.5 Å². The number of alkyl halides is 5. The molecule has 25 heavy (non-hydrogen) atoms. The van der Waals surface area contributed by atoms with Crippen LogP contribution in [0.1, 0.15) is 17.2 Å². The van der Waals surface area contributed by atoms with Crippen molar-refractivity contribution in [3.8, 4) is 11.5 Å². The molecule has 8 heteroatoms. The largest absolute Gasteiger partial charge is 0.493 e. The molecule has 0 unspecified atom stereocenters. The summed E-state index contributed by atoms with van der Waals surface area (Å²) in [6, 6.07) is 9.89. The quantitative estimate of drug-likeness (QED) is 0.772. The van der Waals surface area contributed by atoms with E-state index in [1.807, 2.05) is 30.3 Å². The summed E-state index contributed by atoms with van der Waals surface area (Å²) in [6.45, 7) is 0.182. The number of methoxy groups -OCH3 is 1. The molecular weight excluding hydrogens is 345 g/mol. The van der Waals surface area contributed by atoms with Crippen molar-refractivity contribution in [2.75, 3.05) is 7.11 Å². The molecule has 0 spiro atoms. The number of hydrogen-bond acceptors (Lipinski definition) is 3. The Morgan fingerprint density at radius 3 is 2.16 bits per heavy atom. The van der Waals surface area contributed by atoms with E-state index in [4.69, 9.17) is 15.2 Å². The molecule has 3 nitrogen and oxygen atoms in total. The van der Waals surface area contributed by atoms with E-state index in [9.17, 15) is 22.0 Å². The van der Waals surface area contributed by atoms with Crippen molar-refractivity contribution in [1.29, 1.82) is 0 Å². The van der Waals surface area contributed by atoms with Gasteiger partial charge in [-0.15, -0.1) is 0 Å². The molecule has 2 N–H and O–H groups in total. The third kappa shape index (κ3) is 4.19. The second-order valence-electron chi connectivity index (χ2n) is 5.28. The van der Waals surface area contributed by atoms with Crippen molar-refractivity contribution in [2.24, 2.45) is 5.73 Å². The van der Waals surface area contributed by atoms with Crippen LogP contribution in [0.2, 0.25) is 0 Å². The number of rotatable bonds is 6. The van der Waals surface area contributed by atoms with Crippen LogP contribution in [-0.4, -0.2) is 19.2 Å². The average molecular weight is 361 g/mol. The molecule has 0 radical (unpaired) electrons. The first kappa shape index (κ1) is 19.0. The van der Waals surface area contributed by atoms with Crippen molar-refractivity contribution in [2.45, 2.75) is 24.7 Å². The second-order valence-corrected chi connectivity index (χ2v) is 5.28. The zero-order valence-corrected chi connectivity index (χ0v) is 13.2. The third-order valence-corrected chi connectivity index (χ3v) is 3.55. The fourth-order valence-electron chi connectivity index (χ4n) is 2.12. The summed E-state index contributed by atoms with van der Waals surface area (Å²) < 4.78 is 74.7. The van der Waals surface area contributed by atoms with Gasteiger partial charge in [0.05, 0.1) is 7.11 Å². The molecule has 136 valence electrons. The van der Waals surface area contributed by atoms with E-state index in [0.717, 1.165) is 17.7 Å². The Bertz CT molecular complexity index is 704. The molecule has 0 aliphatic carbocycles. The molecule has 0 aliphatic heterocycles. The predicted octanol–water partition coefficient (Wildman–Crippen LogP) is 4.47. The molecule has 0 fully saturated rings. The first-order valence-corrected chi connectivity index (χ1v) is 7.21. The van der Waals surface area contributed by atoms with Gasteiger partial charge in [-0.2, -0.15) is 22.0 Å². The highest BCUT2D eigenvalue weighted by molar-refractivity contribution is 5.44. The Hall–Kier alpha value is -2.35. The maximum absolute atomic E-state index is 13.4. The number of ether oxygens (including phenoxy) is 2. The van der Waals surface area contributed by atoms with Crippen molar-refractivity contribution >= 4 is 0 Å². The fraction of sp³-hybridized carbons (Fsp3) is 0.294. The zero-order valence-electron chi connectivity index (χ0n) is 13.2. The molecule has 0 heterocycles. The molecule has 0 saturated carbocycles. The molecule has 2 aromatic rings. The van der Waals surface area contributed by atoms with E-state index in [1.165, 1.54) is 13.2 Å². The summed E-state index contributed by atoms with van der Waals surface area (Å²) in [5.41, 5.74) is 5.58. The Labute approximate surface area is 141 Å². The van der Waals surface area contributed by atoms with Crippen molar-refractivity contribution < 1.29 is 31.4 Å². The number of benzene rings is 2. The Kier molecular flexibility index (Phi) is 5.52. The van der Waals surface area contributed by atoms with Crippen LogP contribution in [-0.2, 0) is 6.61 Å². The van der Waals surface area contributed by atoms with Gasteiger partial charge in [0, 0.05) is 0 Å². The minimum absolute atomic E-state index is 0.0156. The van der Waals surface area contributed by atoms with E-state index in [2.05, 4.69) is 0 Å². The Morgan fingerprint density at radius 1 is 0.960 bits per heavy atom. The van der Waals surface area contributed by atoms with Gasteiger partial charge in [-0.05, 0) is 23.3 Å². The molecule has 0 amide bonds. The summed E-state index contributed by atoms with van der Waals surface area (Å²) in [7, 11) is 1.25. The van der Waals surface area contributed by atoms with Crippen molar-refractivity contribution in [3.63, 3.8) is 0 Å². The Morgan fingerprint density at radius 2 is 1.60 bits per heavy atom. The van der Waals surface area contributed by atoms with Crippen LogP contribution < -0.4 is 15.2 Å². The van der Waals surface area contributed by atoms with Gasteiger partial charge in [-0.1, -0.05) is 36.4 Å². The van der Waals surface area contributed by atoms with Gasteiger partial charge < -0.3 is 15.2 Å². The first-order chi connectivity index (χ1) is 11.7. The molecule has 0 aromatic heterocycles. The maximum atomic E-state index is 13.4. The lowest BCUT2D eigenvalue weighted by Crippen LogP contribution is -2.45. The highest BCUT2D eigenvalue weighted by Crippen LogP contribution is 2.44. The summed E-state index contributed by atoms with van der Waals surface area (Å²) >= 11 is 0. The van der Waals surface area contributed by atoms with Crippen LogP contribution in [0.4, 0.5) is 22.0 Å². The number of hydrogen-bond donors (Lipinski definition) is 1. The van der Waals surface area contributed by atoms with Crippen LogP contribution in [0.25, 0.3) is 0 Å². The molecule has 1 atom stereocenters. The van der Waals surface area contributed by atoms with E-state index in [0.29, 0.717) is 0 Å². The summed E-state index contributed by atoms with van der Waals surface area (Å²) in [5, 5.41) is 0. The number of halogens is 5. The Balaban J connectivity index is 2.21. The smallest absolute Gasteiger partial charge is 0.455 e. The van der Waals surface area contributed by atoms with Gasteiger partial charge in [0.15, 0.2) is 11.5 Å². The van der Waals surface area contributed by atoms with E-state index in [-0.39, 0.29) is 18.1 Å². The highest BCUT2D eigenvalue weighted by Gasteiger charge is 2.61. The van der Waals surface area contributed by atoms with Crippen LogP contribution in [0, 0.1) is 0 Å². The van der Waals surface area contributed by atoms with Gasteiger partial charge in [0.2, 0.25) is 0 Å².